The summed E-state index contributed by atoms with van der Waals surface area (Å²) in [6.45, 7) is 0. The van der Waals surface area contributed by atoms with Gasteiger partial charge in [0, 0.05) is 6.04 Å². The van der Waals surface area contributed by atoms with Crippen LogP contribution >= 0.6 is 0 Å². The number of hydrogen-bond donors (Lipinski definition) is 1. The number of hydrogen-bond acceptors (Lipinski definition) is 3. The molecule has 0 heterocycles. The Morgan fingerprint density at radius 3 is 2.37 bits per heavy atom. The third-order valence-corrected chi connectivity index (χ3v) is 6.29. The molecule has 0 spiro atoms. The van der Waals surface area contributed by atoms with Gasteiger partial charge >= 0.3 is 0 Å². The minimum absolute atomic E-state index is 0.104. The van der Waals surface area contributed by atoms with Crippen LogP contribution in [0.1, 0.15) is 43.7 Å². The highest BCUT2D eigenvalue weighted by Gasteiger charge is 2.29. The summed E-state index contributed by atoms with van der Waals surface area (Å²) in [5.41, 5.74) is 1.05. The van der Waals surface area contributed by atoms with Gasteiger partial charge in [0.05, 0.1) is 11.0 Å². The van der Waals surface area contributed by atoms with Crippen molar-refractivity contribution < 1.29 is 8.42 Å². The van der Waals surface area contributed by atoms with Gasteiger partial charge in [0.15, 0.2) is 9.84 Å². The highest BCUT2D eigenvalue weighted by atomic mass is 32.2. The summed E-state index contributed by atoms with van der Waals surface area (Å²) in [7, 11) is -1.18. The average molecular weight is 281 g/mol. The molecule has 19 heavy (non-hydrogen) atoms. The molecule has 0 saturated heterocycles. The van der Waals surface area contributed by atoms with Gasteiger partial charge in [-0.2, -0.15) is 0 Å². The molecule has 1 saturated carbocycles. The molecule has 0 amide bonds. The van der Waals surface area contributed by atoms with Crippen LogP contribution < -0.4 is 5.32 Å². The monoisotopic (exact) mass is 281 g/mol. The Balaban J connectivity index is 2.09. The van der Waals surface area contributed by atoms with Crippen LogP contribution in [0.3, 0.4) is 0 Å². The van der Waals surface area contributed by atoms with E-state index in [1.54, 1.807) is 0 Å². The second kappa shape index (κ2) is 6.53. The first-order valence-corrected chi connectivity index (χ1v) is 8.79. The van der Waals surface area contributed by atoms with Gasteiger partial charge in [-0.3, -0.25) is 0 Å². The molecule has 1 aliphatic rings. The average Bonchev–Trinajstić information content (AvgIpc) is 2.47. The van der Waals surface area contributed by atoms with E-state index in [1.165, 1.54) is 6.42 Å². The fourth-order valence-electron chi connectivity index (χ4n) is 2.82. The molecule has 0 bridgehead atoms. The van der Waals surface area contributed by atoms with Crippen LogP contribution in [0.4, 0.5) is 0 Å². The van der Waals surface area contributed by atoms with E-state index < -0.39 is 9.84 Å². The Kier molecular flexibility index (Phi) is 4.99. The zero-order chi connectivity index (χ0) is 13.7. The molecule has 0 aliphatic heterocycles. The van der Waals surface area contributed by atoms with Crippen LogP contribution in [0.25, 0.3) is 0 Å². The summed E-state index contributed by atoms with van der Waals surface area (Å²) in [6.07, 6.45) is 4.97. The lowest BCUT2D eigenvalue weighted by Gasteiger charge is -2.24. The lowest BCUT2D eigenvalue weighted by atomic mass is 10.0. The summed E-state index contributed by atoms with van der Waals surface area (Å²) in [6, 6.07) is 9.72. The van der Waals surface area contributed by atoms with E-state index in [4.69, 9.17) is 0 Å². The van der Waals surface area contributed by atoms with Crippen LogP contribution in [0.5, 0.6) is 0 Å². The molecule has 1 N–H and O–H groups in total. The Bertz CT molecular complexity index is 478. The Morgan fingerprint density at radius 1 is 1.16 bits per heavy atom. The Hall–Kier alpha value is -0.870. The molecule has 1 aromatic rings. The molecule has 1 aliphatic carbocycles. The predicted octanol–water partition coefficient (Wildman–Crippen LogP) is 2.69. The van der Waals surface area contributed by atoms with Crippen molar-refractivity contribution in [1.29, 1.82) is 0 Å². The van der Waals surface area contributed by atoms with Crippen molar-refractivity contribution in [2.24, 2.45) is 0 Å². The van der Waals surface area contributed by atoms with Crippen molar-refractivity contribution in [3.05, 3.63) is 35.9 Å². The normalized spacial score (nSPS) is 19.2. The van der Waals surface area contributed by atoms with E-state index in [0.717, 1.165) is 31.2 Å². The predicted molar refractivity (Wildman–Crippen MR) is 78.9 cm³/mol. The molecule has 0 radical (unpaired) electrons. The van der Waals surface area contributed by atoms with E-state index in [9.17, 15) is 8.42 Å². The van der Waals surface area contributed by atoms with Gasteiger partial charge in [-0.15, -0.1) is 0 Å². The van der Waals surface area contributed by atoms with Crippen molar-refractivity contribution >= 4 is 9.84 Å². The van der Waals surface area contributed by atoms with Crippen LogP contribution in [-0.2, 0) is 9.84 Å². The van der Waals surface area contributed by atoms with Crippen molar-refractivity contribution in [3.8, 4) is 0 Å². The second-order valence-corrected chi connectivity index (χ2v) is 7.67. The zero-order valence-corrected chi connectivity index (χ0v) is 12.3. The molecule has 1 atom stereocenters. The maximum Gasteiger partial charge on any atom is 0.155 e. The van der Waals surface area contributed by atoms with Gasteiger partial charge < -0.3 is 5.32 Å². The molecule has 1 unspecified atom stereocenters. The lowest BCUT2D eigenvalue weighted by Crippen LogP contribution is -2.32. The van der Waals surface area contributed by atoms with Crippen LogP contribution in [0.15, 0.2) is 30.3 Å². The van der Waals surface area contributed by atoms with Gasteiger partial charge in [0.1, 0.15) is 0 Å². The van der Waals surface area contributed by atoms with Crippen molar-refractivity contribution in [2.45, 2.75) is 43.4 Å². The molecule has 1 aromatic carbocycles. The van der Waals surface area contributed by atoms with E-state index >= 15 is 0 Å². The second-order valence-electron chi connectivity index (χ2n) is 5.34. The summed E-state index contributed by atoms with van der Waals surface area (Å²) < 4.78 is 25.0. The third-order valence-electron chi connectivity index (χ3n) is 4.01. The van der Waals surface area contributed by atoms with Crippen LogP contribution in [0.2, 0.25) is 0 Å². The Morgan fingerprint density at radius 2 is 1.79 bits per heavy atom. The minimum atomic E-state index is -3.01. The van der Waals surface area contributed by atoms with Gasteiger partial charge in [-0.25, -0.2) is 8.42 Å². The first-order valence-electron chi connectivity index (χ1n) is 7.07. The number of sulfone groups is 1. The largest absolute Gasteiger partial charge is 0.312 e. The maximum absolute atomic E-state index is 12.5. The molecule has 2 rings (SSSR count). The van der Waals surface area contributed by atoms with E-state index in [2.05, 4.69) is 5.32 Å². The highest BCUT2D eigenvalue weighted by Crippen LogP contribution is 2.26. The van der Waals surface area contributed by atoms with Gasteiger partial charge in [0.2, 0.25) is 0 Å². The first-order chi connectivity index (χ1) is 9.13. The SMILES string of the molecule is CNC(CS(=O)(=O)C1CCCCC1)c1ccccc1. The zero-order valence-electron chi connectivity index (χ0n) is 11.5. The molecule has 4 heteroatoms. The molecule has 106 valence electrons. The topological polar surface area (TPSA) is 46.2 Å². The standard InChI is InChI=1S/C15H23NO2S/c1-16-15(13-8-4-2-5-9-13)12-19(17,18)14-10-6-3-7-11-14/h2,4-5,8-9,14-16H,3,6-7,10-12H2,1H3. The summed E-state index contributed by atoms with van der Waals surface area (Å²) in [5.74, 6) is 0.207. The van der Waals surface area contributed by atoms with Gasteiger partial charge in [0.25, 0.3) is 0 Å². The third kappa shape index (κ3) is 3.80. The highest BCUT2D eigenvalue weighted by molar-refractivity contribution is 7.92. The van der Waals surface area contributed by atoms with Gasteiger partial charge in [-0.05, 0) is 25.5 Å². The fourth-order valence-corrected chi connectivity index (χ4v) is 4.97. The minimum Gasteiger partial charge on any atom is -0.312 e. The summed E-state index contributed by atoms with van der Waals surface area (Å²) in [5, 5.41) is 3.01. The first kappa shape index (κ1) is 14.5. The molecular weight excluding hydrogens is 258 g/mol. The van der Waals surface area contributed by atoms with E-state index in [-0.39, 0.29) is 17.0 Å². The van der Waals surface area contributed by atoms with Crippen molar-refractivity contribution in [3.63, 3.8) is 0 Å². The number of nitrogens with one attached hydrogen (secondary N) is 1. The quantitative estimate of drug-likeness (QED) is 0.902. The van der Waals surface area contributed by atoms with E-state index in [1.807, 2.05) is 37.4 Å². The number of rotatable bonds is 5. The smallest absolute Gasteiger partial charge is 0.155 e. The molecule has 3 nitrogen and oxygen atoms in total. The summed E-state index contributed by atoms with van der Waals surface area (Å²) >= 11 is 0. The van der Waals surface area contributed by atoms with E-state index in [0.29, 0.717) is 0 Å². The van der Waals surface area contributed by atoms with Crippen molar-refractivity contribution in [1.82, 2.24) is 5.32 Å². The molecular formula is C15H23NO2S. The Labute approximate surface area is 116 Å². The number of benzene rings is 1. The van der Waals surface area contributed by atoms with Crippen molar-refractivity contribution in [2.75, 3.05) is 12.8 Å². The molecule has 1 fully saturated rings. The summed E-state index contributed by atoms with van der Waals surface area (Å²) in [4.78, 5) is 0. The fraction of sp³-hybridized carbons (Fsp3) is 0.600. The van der Waals surface area contributed by atoms with Crippen LogP contribution in [0, 0.1) is 0 Å². The van der Waals surface area contributed by atoms with Crippen LogP contribution in [-0.4, -0.2) is 26.5 Å². The van der Waals surface area contributed by atoms with Gasteiger partial charge in [-0.1, -0.05) is 49.6 Å². The molecule has 0 aromatic heterocycles. The lowest BCUT2D eigenvalue weighted by molar-refractivity contribution is 0.479. The maximum atomic E-state index is 12.5.